The Balaban J connectivity index is 2.00. The van der Waals surface area contributed by atoms with Gasteiger partial charge < -0.3 is 15.4 Å². The molecular weight excluding hydrogens is 550 g/mol. The van der Waals surface area contributed by atoms with E-state index in [0.717, 1.165) is 64.2 Å². The summed E-state index contributed by atoms with van der Waals surface area (Å²) in [6.07, 6.45) is 26.7. The van der Waals surface area contributed by atoms with Crippen LogP contribution in [0.3, 0.4) is 0 Å². The fraction of sp³-hybridized carbons (Fsp3) is 0.784. The number of nitrogens with zero attached hydrogens (tertiary/aromatic N) is 1. The largest absolute Gasteiger partial charge is 0.466 e. The highest BCUT2D eigenvalue weighted by molar-refractivity contribution is 5.87. The zero-order valence-corrected chi connectivity index (χ0v) is 28.5. The minimum atomic E-state index is -0.439. The van der Waals surface area contributed by atoms with E-state index >= 15 is 0 Å². The highest BCUT2D eigenvalue weighted by Gasteiger charge is 2.21. The normalized spacial score (nSPS) is 11.8. The number of aromatic nitrogens is 1. The minimum absolute atomic E-state index is 0.00241. The molecule has 44 heavy (non-hydrogen) atoms. The molecule has 0 aromatic carbocycles. The number of ether oxygens (including phenoxy) is 1. The molecule has 0 aliphatic rings. The minimum Gasteiger partial charge on any atom is -0.466 e. The molecule has 0 saturated heterocycles. The number of rotatable bonds is 29. The lowest BCUT2D eigenvalue weighted by Gasteiger charge is -2.20. The van der Waals surface area contributed by atoms with Crippen LogP contribution < -0.4 is 10.6 Å². The summed E-state index contributed by atoms with van der Waals surface area (Å²) >= 11 is 0. The summed E-state index contributed by atoms with van der Waals surface area (Å²) in [5.41, 5.74) is 1.22. The first-order chi connectivity index (χ1) is 21.4. The Labute approximate surface area is 269 Å². The molecule has 1 aromatic rings. The van der Waals surface area contributed by atoms with Crippen LogP contribution in [-0.2, 0) is 25.5 Å². The van der Waals surface area contributed by atoms with Gasteiger partial charge >= 0.3 is 5.97 Å². The van der Waals surface area contributed by atoms with Gasteiger partial charge in [-0.05, 0) is 62.1 Å². The second-order valence-electron chi connectivity index (χ2n) is 12.9. The van der Waals surface area contributed by atoms with Crippen molar-refractivity contribution in [2.24, 2.45) is 5.92 Å². The third-order valence-electron chi connectivity index (χ3n) is 8.10. The number of unbranched alkanes of at least 4 members (excludes halogenated alkanes) is 15. The summed E-state index contributed by atoms with van der Waals surface area (Å²) in [5, 5.41) is 6.06. The molecule has 7 nitrogen and oxygen atoms in total. The molecule has 1 aromatic heterocycles. The van der Waals surface area contributed by atoms with Crippen molar-refractivity contribution in [1.82, 2.24) is 15.6 Å². The molecule has 2 N–H and O–H groups in total. The van der Waals surface area contributed by atoms with E-state index in [4.69, 9.17) is 4.74 Å². The summed E-state index contributed by atoms with van der Waals surface area (Å²) in [4.78, 5) is 41.2. The molecule has 0 radical (unpaired) electrons. The van der Waals surface area contributed by atoms with E-state index in [0.29, 0.717) is 38.3 Å². The molecule has 0 unspecified atom stereocenters. The predicted molar refractivity (Wildman–Crippen MR) is 181 cm³/mol. The van der Waals surface area contributed by atoms with E-state index in [-0.39, 0.29) is 17.8 Å². The summed E-state index contributed by atoms with van der Waals surface area (Å²) < 4.78 is 5.35. The fourth-order valence-corrected chi connectivity index (χ4v) is 5.44. The number of carbonyl (C=O) groups is 3. The van der Waals surface area contributed by atoms with Crippen molar-refractivity contribution in [3.63, 3.8) is 0 Å². The Bertz CT molecular complexity index is 846. The number of carbonyl (C=O) groups excluding carboxylic acids is 3. The predicted octanol–water partition coefficient (Wildman–Crippen LogP) is 8.64. The van der Waals surface area contributed by atoms with Crippen molar-refractivity contribution in [3.8, 4) is 0 Å². The lowest BCUT2D eigenvalue weighted by atomic mass is 10.0. The van der Waals surface area contributed by atoms with E-state index in [1.807, 2.05) is 12.1 Å². The van der Waals surface area contributed by atoms with Crippen molar-refractivity contribution >= 4 is 17.8 Å². The van der Waals surface area contributed by atoms with Gasteiger partial charge in [-0.15, -0.1) is 0 Å². The Hall–Kier alpha value is -2.44. The van der Waals surface area contributed by atoms with Crippen LogP contribution in [0.5, 0.6) is 0 Å². The molecule has 1 heterocycles. The number of amides is 2. The van der Waals surface area contributed by atoms with Crippen molar-refractivity contribution < 1.29 is 19.1 Å². The number of nitrogens with one attached hydrogen (secondary N) is 2. The van der Waals surface area contributed by atoms with E-state index in [2.05, 4.69) is 36.4 Å². The Morgan fingerprint density at radius 1 is 0.727 bits per heavy atom. The average Bonchev–Trinajstić information content (AvgIpc) is 3.01. The van der Waals surface area contributed by atoms with Crippen molar-refractivity contribution in [2.45, 2.75) is 168 Å². The van der Waals surface area contributed by atoms with Crippen molar-refractivity contribution in [2.75, 3.05) is 13.2 Å². The van der Waals surface area contributed by atoms with Crippen LogP contribution in [0.2, 0.25) is 0 Å². The van der Waals surface area contributed by atoms with Crippen LogP contribution in [0.25, 0.3) is 0 Å². The smallest absolute Gasteiger partial charge is 0.305 e. The van der Waals surface area contributed by atoms with Gasteiger partial charge in [-0.1, -0.05) is 111 Å². The fourth-order valence-electron chi connectivity index (χ4n) is 5.44. The van der Waals surface area contributed by atoms with Crippen LogP contribution in [-0.4, -0.2) is 42.0 Å². The number of esters is 1. The first kappa shape index (κ1) is 39.6. The number of hydrogen-bond acceptors (Lipinski definition) is 5. The summed E-state index contributed by atoms with van der Waals surface area (Å²) in [6, 6.07) is 3.54. The van der Waals surface area contributed by atoms with Crippen LogP contribution in [0.1, 0.15) is 161 Å². The van der Waals surface area contributed by atoms with E-state index in [9.17, 15) is 14.4 Å². The van der Waals surface area contributed by atoms with Gasteiger partial charge in [0.1, 0.15) is 6.04 Å². The van der Waals surface area contributed by atoms with Gasteiger partial charge in [0, 0.05) is 31.8 Å². The zero-order valence-electron chi connectivity index (χ0n) is 28.5. The second kappa shape index (κ2) is 28.1. The van der Waals surface area contributed by atoms with Crippen LogP contribution >= 0.6 is 0 Å². The first-order valence-electron chi connectivity index (χ1n) is 18.0. The van der Waals surface area contributed by atoms with Gasteiger partial charge in [0.15, 0.2) is 0 Å². The van der Waals surface area contributed by atoms with Gasteiger partial charge in [0.25, 0.3) is 0 Å². The highest BCUT2D eigenvalue weighted by Crippen LogP contribution is 2.12. The third kappa shape index (κ3) is 23.9. The highest BCUT2D eigenvalue weighted by atomic mass is 16.5. The van der Waals surface area contributed by atoms with E-state index in [1.54, 1.807) is 12.4 Å². The maximum Gasteiger partial charge on any atom is 0.305 e. The molecule has 1 atom stereocenters. The summed E-state index contributed by atoms with van der Waals surface area (Å²) in [6.45, 7) is 7.56. The summed E-state index contributed by atoms with van der Waals surface area (Å²) in [7, 11) is 0. The van der Waals surface area contributed by atoms with E-state index < -0.39 is 6.04 Å². The molecule has 7 heteroatoms. The quantitative estimate of drug-likeness (QED) is 0.0694. The van der Waals surface area contributed by atoms with Gasteiger partial charge in [-0.2, -0.15) is 0 Å². The van der Waals surface area contributed by atoms with Gasteiger partial charge in [-0.25, -0.2) is 0 Å². The number of pyridine rings is 1. The van der Waals surface area contributed by atoms with Crippen molar-refractivity contribution in [1.29, 1.82) is 0 Å². The maximum absolute atomic E-state index is 12.8. The molecule has 0 fully saturated rings. The number of aryl methyl sites for hydroxylation is 1. The molecule has 0 spiro atoms. The van der Waals surface area contributed by atoms with Gasteiger partial charge in [-0.3, -0.25) is 19.4 Å². The molecular formula is C37H65N3O4. The lowest BCUT2D eigenvalue weighted by Crippen LogP contribution is -2.47. The summed E-state index contributed by atoms with van der Waals surface area (Å²) in [5.74, 6) is 0.206. The SMILES string of the molecule is CCCCCCCCCCCC(=O)N[C@@H](CC(C)C)C(=O)NCCCCCCCCCCC(=O)OCCCc1ccncc1. The second-order valence-corrected chi connectivity index (χ2v) is 12.9. The molecule has 0 saturated carbocycles. The lowest BCUT2D eigenvalue weighted by molar-refractivity contribution is -0.143. The average molecular weight is 616 g/mol. The standard InChI is InChI=1S/C37H65N3O4/c1-4-5-6-7-8-9-12-15-18-23-35(41)40-34(31-32(2)3)37(43)39-27-20-17-14-11-10-13-16-19-24-36(42)44-30-21-22-33-25-28-38-29-26-33/h25-26,28-29,32,34H,4-24,27,30-31H2,1-3H3,(H,39,43)(H,40,41)/t34-/m0/s1. The van der Waals surface area contributed by atoms with E-state index in [1.165, 1.54) is 63.4 Å². The first-order valence-corrected chi connectivity index (χ1v) is 18.0. The third-order valence-corrected chi connectivity index (χ3v) is 8.10. The van der Waals surface area contributed by atoms with Crippen LogP contribution in [0.15, 0.2) is 24.5 Å². The van der Waals surface area contributed by atoms with Gasteiger partial charge in [0.05, 0.1) is 6.61 Å². The molecule has 252 valence electrons. The van der Waals surface area contributed by atoms with Crippen molar-refractivity contribution in [3.05, 3.63) is 30.1 Å². The zero-order chi connectivity index (χ0) is 32.1. The molecule has 0 bridgehead atoms. The van der Waals surface area contributed by atoms with Gasteiger partial charge in [0.2, 0.25) is 11.8 Å². The Kier molecular flexibility index (Phi) is 25.2. The Morgan fingerprint density at radius 2 is 1.27 bits per heavy atom. The molecule has 1 rings (SSSR count). The maximum atomic E-state index is 12.8. The van der Waals surface area contributed by atoms with Crippen LogP contribution in [0.4, 0.5) is 0 Å². The number of hydrogen-bond donors (Lipinski definition) is 2. The molecule has 0 aliphatic carbocycles. The van der Waals surface area contributed by atoms with Crippen LogP contribution in [0, 0.1) is 5.92 Å². The topological polar surface area (TPSA) is 97.4 Å². The molecule has 2 amide bonds. The Morgan fingerprint density at radius 3 is 1.86 bits per heavy atom. The monoisotopic (exact) mass is 615 g/mol. The molecule has 0 aliphatic heterocycles.